The first-order chi connectivity index (χ1) is 19.0. The zero-order chi connectivity index (χ0) is 28.3. The number of ether oxygens (including phenoxy) is 3. The highest BCUT2D eigenvalue weighted by Crippen LogP contribution is 2.48. The molecule has 4 aliphatic heterocycles. The molecule has 4 heterocycles. The number of rotatable bonds is 6. The molecular weight excluding hydrogens is 509 g/mol. The van der Waals surface area contributed by atoms with Crippen molar-refractivity contribution in [1.82, 2.24) is 9.66 Å². The van der Waals surface area contributed by atoms with Crippen LogP contribution in [0.25, 0.3) is 0 Å². The summed E-state index contributed by atoms with van der Waals surface area (Å²) in [6, 6.07) is 12.1. The molecule has 2 fully saturated rings. The van der Waals surface area contributed by atoms with Crippen LogP contribution in [0.2, 0.25) is 0 Å². The molecule has 214 valence electrons. The van der Waals surface area contributed by atoms with Crippen LogP contribution in [0.1, 0.15) is 57.7 Å². The maximum Gasteiger partial charge on any atom is 0.495 e. The van der Waals surface area contributed by atoms with E-state index in [0.717, 1.165) is 48.3 Å². The lowest BCUT2D eigenvalue weighted by molar-refractivity contribution is 0.00578. The van der Waals surface area contributed by atoms with Crippen LogP contribution in [0.15, 0.2) is 41.5 Å². The van der Waals surface area contributed by atoms with Crippen molar-refractivity contribution in [2.45, 2.75) is 70.4 Å². The lowest BCUT2D eigenvalue weighted by atomic mass is 9.76. The van der Waals surface area contributed by atoms with Crippen LogP contribution < -0.4 is 19.6 Å². The number of fused-ring (bicyclic) bond motifs is 3. The minimum Gasteiger partial charge on any atom is -0.627 e. The SMILES string of the molecule is COc1ccc(C[N+]2([O-])CC3C=NN(C4CCOCC4)C3c3ccc(B4OC(C)(C)C(C)(C)O4)cc32)c(OC)c1. The number of hydroxylamine groups is 2. The van der Waals surface area contributed by atoms with E-state index in [4.69, 9.17) is 28.6 Å². The van der Waals surface area contributed by atoms with Gasteiger partial charge in [-0.05, 0) is 64.2 Å². The van der Waals surface area contributed by atoms with Gasteiger partial charge in [-0.3, -0.25) is 5.01 Å². The summed E-state index contributed by atoms with van der Waals surface area (Å²) in [7, 11) is 2.70. The van der Waals surface area contributed by atoms with E-state index < -0.39 is 23.0 Å². The van der Waals surface area contributed by atoms with E-state index in [1.54, 1.807) is 14.2 Å². The monoisotopic (exact) mass is 549 g/mol. The van der Waals surface area contributed by atoms with Crippen molar-refractivity contribution in [3.8, 4) is 11.5 Å². The molecule has 3 atom stereocenters. The molecule has 0 saturated carbocycles. The van der Waals surface area contributed by atoms with Crippen LogP contribution in [0.4, 0.5) is 5.69 Å². The van der Waals surface area contributed by atoms with Gasteiger partial charge in [-0.25, -0.2) is 0 Å². The normalized spacial score (nSPS) is 28.9. The fourth-order valence-electron chi connectivity index (χ4n) is 6.44. The van der Waals surface area contributed by atoms with Crippen molar-refractivity contribution in [2.75, 3.05) is 34.0 Å². The summed E-state index contributed by atoms with van der Waals surface area (Å²) >= 11 is 0. The maximum atomic E-state index is 15.1. The number of benzene rings is 2. The molecule has 0 amide bonds. The van der Waals surface area contributed by atoms with E-state index in [2.05, 4.69) is 17.1 Å². The van der Waals surface area contributed by atoms with Crippen LogP contribution in [0.5, 0.6) is 11.5 Å². The maximum absolute atomic E-state index is 15.1. The highest BCUT2D eigenvalue weighted by atomic mass is 16.7. The predicted molar refractivity (Wildman–Crippen MR) is 156 cm³/mol. The van der Waals surface area contributed by atoms with Crippen molar-refractivity contribution in [3.63, 3.8) is 0 Å². The standard InChI is InChI=1S/C30H40BN3O6/c1-29(2)30(3,4)40-31(39-29)22-8-10-25-26(15-22)34(35,18-20-7-9-24(36-5)16-27(20)37-6)19-21-17-32-33(28(21)25)23-11-13-38-14-12-23/h7-10,15-17,21,23,28H,11-14,18-19H2,1-6H3. The second-order valence-corrected chi connectivity index (χ2v) is 12.4. The summed E-state index contributed by atoms with van der Waals surface area (Å²) < 4.78 is 28.9. The molecule has 0 N–H and O–H groups in total. The van der Waals surface area contributed by atoms with Gasteiger partial charge in [0.05, 0.1) is 50.0 Å². The summed E-state index contributed by atoms with van der Waals surface area (Å²) in [5.74, 6) is 1.33. The van der Waals surface area contributed by atoms with Gasteiger partial charge in [-0.1, -0.05) is 12.1 Å². The lowest BCUT2D eigenvalue weighted by Crippen LogP contribution is -2.53. The average Bonchev–Trinajstić information content (AvgIpc) is 3.45. The Morgan fingerprint density at radius 3 is 2.42 bits per heavy atom. The molecule has 0 aliphatic carbocycles. The number of hydrogen-bond acceptors (Lipinski definition) is 8. The molecule has 2 aromatic rings. The largest absolute Gasteiger partial charge is 0.627 e. The summed E-state index contributed by atoms with van der Waals surface area (Å²) in [5.41, 5.74) is 2.49. The molecule has 40 heavy (non-hydrogen) atoms. The van der Waals surface area contributed by atoms with E-state index >= 15 is 5.21 Å². The first kappa shape index (κ1) is 27.5. The molecule has 0 radical (unpaired) electrons. The third-order valence-electron chi connectivity index (χ3n) is 9.41. The van der Waals surface area contributed by atoms with Crippen LogP contribution in [-0.4, -0.2) is 69.6 Å². The minimum atomic E-state index is -0.552. The summed E-state index contributed by atoms with van der Waals surface area (Å²) in [5, 5.41) is 22.2. The Balaban J connectivity index is 1.42. The zero-order valence-corrected chi connectivity index (χ0v) is 24.4. The zero-order valence-electron chi connectivity index (χ0n) is 24.4. The molecule has 0 bridgehead atoms. The smallest absolute Gasteiger partial charge is 0.495 e. The molecule has 0 spiro atoms. The quantitative estimate of drug-likeness (QED) is 0.304. The minimum absolute atomic E-state index is 0.000199. The van der Waals surface area contributed by atoms with Gasteiger partial charge in [0.25, 0.3) is 0 Å². The van der Waals surface area contributed by atoms with Crippen molar-refractivity contribution in [2.24, 2.45) is 11.0 Å². The Bertz CT molecular complexity index is 1280. The Kier molecular flexibility index (Phi) is 6.90. The van der Waals surface area contributed by atoms with Gasteiger partial charge in [0.1, 0.15) is 23.7 Å². The molecule has 6 rings (SSSR count). The van der Waals surface area contributed by atoms with Crippen molar-refractivity contribution >= 4 is 24.5 Å². The first-order valence-corrected chi connectivity index (χ1v) is 14.2. The second kappa shape index (κ2) is 10.0. The van der Waals surface area contributed by atoms with E-state index in [1.807, 2.05) is 58.2 Å². The van der Waals surface area contributed by atoms with Gasteiger partial charge in [0.2, 0.25) is 0 Å². The molecule has 9 nitrogen and oxygen atoms in total. The van der Waals surface area contributed by atoms with E-state index in [-0.39, 0.29) is 18.5 Å². The Hall–Kier alpha value is -2.63. The molecule has 2 saturated heterocycles. The van der Waals surface area contributed by atoms with Gasteiger partial charge >= 0.3 is 7.12 Å². The molecule has 2 aromatic carbocycles. The molecule has 3 unspecified atom stereocenters. The fraction of sp³-hybridized carbons (Fsp3) is 0.567. The molecular formula is C30H40BN3O6. The fourth-order valence-corrected chi connectivity index (χ4v) is 6.44. The van der Waals surface area contributed by atoms with Crippen LogP contribution in [-0.2, 0) is 20.6 Å². The van der Waals surface area contributed by atoms with Crippen LogP contribution in [0, 0.1) is 11.1 Å². The van der Waals surface area contributed by atoms with Gasteiger partial charge < -0.3 is 33.4 Å². The highest BCUT2D eigenvalue weighted by Gasteiger charge is 2.53. The Morgan fingerprint density at radius 1 is 1.02 bits per heavy atom. The van der Waals surface area contributed by atoms with Gasteiger partial charge in [-0.2, -0.15) is 5.10 Å². The van der Waals surface area contributed by atoms with Gasteiger partial charge in [0.15, 0.2) is 0 Å². The predicted octanol–water partition coefficient (Wildman–Crippen LogP) is 4.16. The number of hydrogen-bond donors (Lipinski definition) is 0. The molecule has 4 aliphatic rings. The van der Waals surface area contributed by atoms with Crippen molar-refractivity contribution < 1.29 is 23.5 Å². The van der Waals surface area contributed by atoms with E-state index in [9.17, 15) is 0 Å². The number of nitrogens with zero attached hydrogens (tertiary/aromatic N) is 3. The highest BCUT2D eigenvalue weighted by molar-refractivity contribution is 6.62. The Labute approximate surface area is 237 Å². The lowest BCUT2D eigenvalue weighted by Gasteiger charge is -2.50. The topological polar surface area (TPSA) is 84.8 Å². The first-order valence-electron chi connectivity index (χ1n) is 14.2. The summed E-state index contributed by atoms with van der Waals surface area (Å²) in [4.78, 5) is 0. The molecule has 0 aromatic heterocycles. The summed E-state index contributed by atoms with van der Waals surface area (Å²) in [6.07, 6.45) is 3.85. The van der Waals surface area contributed by atoms with Crippen LogP contribution >= 0.6 is 0 Å². The number of quaternary nitrogens is 1. The average molecular weight is 549 g/mol. The van der Waals surface area contributed by atoms with Crippen molar-refractivity contribution in [3.05, 3.63) is 52.7 Å². The van der Waals surface area contributed by atoms with Gasteiger partial charge in [-0.15, -0.1) is 0 Å². The van der Waals surface area contributed by atoms with Gasteiger partial charge in [0, 0.05) is 36.6 Å². The third kappa shape index (κ3) is 4.60. The number of hydrazone groups is 1. The van der Waals surface area contributed by atoms with E-state index in [1.165, 1.54) is 0 Å². The third-order valence-corrected chi connectivity index (χ3v) is 9.41. The van der Waals surface area contributed by atoms with Crippen molar-refractivity contribution in [1.29, 1.82) is 0 Å². The summed E-state index contributed by atoms with van der Waals surface area (Å²) in [6.45, 7) is 10.2. The second-order valence-electron chi connectivity index (χ2n) is 12.4. The Morgan fingerprint density at radius 2 is 1.75 bits per heavy atom. The number of methoxy groups -OCH3 is 2. The van der Waals surface area contributed by atoms with E-state index in [0.29, 0.717) is 24.1 Å². The van der Waals surface area contributed by atoms with Crippen LogP contribution in [0.3, 0.4) is 0 Å². The molecule has 10 heteroatoms.